The second kappa shape index (κ2) is 6.94. The second-order valence-corrected chi connectivity index (χ2v) is 3.41. The molecule has 0 amide bonds. The van der Waals surface area contributed by atoms with Gasteiger partial charge in [0.1, 0.15) is 0 Å². The van der Waals surface area contributed by atoms with Crippen LogP contribution in [-0.2, 0) is 0 Å². The molecule has 1 aromatic rings. The van der Waals surface area contributed by atoms with Gasteiger partial charge >= 0.3 is 58.4 Å². The number of hydrogen-bond acceptors (Lipinski definition) is 1. The van der Waals surface area contributed by atoms with Crippen LogP contribution in [0.4, 0.5) is 17.3 Å². The molecule has 1 aromatic carbocycles. The quantitative estimate of drug-likeness (QED) is 0.571. The molecule has 0 unspecified atom stereocenters. The molecule has 0 aliphatic rings. The van der Waals surface area contributed by atoms with Gasteiger partial charge in [0, 0.05) is 0 Å². The van der Waals surface area contributed by atoms with Gasteiger partial charge in [0.2, 0.25) is 0 Å². The zero-order valence-corrected chi connectivity index (χ0v) is 12.8. The first-order valence-electron chi connectivity index (χ1n) is 4.58. The predicted molar refractivity (Wildman–Crippen MR) is 54.9 cm³/mol. The third kappa shape index (κ3) is 5.13. The minimum atomic E-state index is -5.13. The van der Waals surface area contributed by atoms with Crippen molar-refractivity contribution >= 4 is 6.98 Å². The van der Waals surface area contributed by atoms with Crippen molar-refractivity contribution in [3.63, 3.8) is 0 Å². The molecule has 0 saturated heterocycles. The summed E-state index contributed by atoms with van der Waals surface area (Å²) in [6.07, 6.45) is 0. The molecule has 88 valence electrons. The summed E-state index contributed by atoms with van der Waals surface area (Å²) < 4.78 is 54.4. The average molecular weight is 272 g/mol. The molecule has 0 saturated carbocycles. The average Bonchev–Trinajstić information content (AvgIpc) is 2.18. The molecule has 7 heteroatoms. The Labute approximate surface area is 140 Å². The SMILES string of the molecule is C=C(COc1cccc(C)c1F)[B-](F)(F)F.[K+]. The van der Waals surface area contributed by atoms with Crippen molar-refractivity contribution in [1.29, 1.82) is 0 Å². The monoisotopic (exact) mass is 272 g/mol. The van der Waals surface area contributed by atoms with E-state index in [1.807, 2.05) is 0 Å². The van der Waals surface area contributed by atoms with Gasteiger partial charge < -0.3 is 17.7 Å². The van der Waals surface area contributed by atoms with Crippen LogP contribution in [-0.4, -0.2) is 13.6 Å². The molecule has 0 fully saturated rings. The van der Waals surface area contributed by atoms with E-state index in [0.717, 1.165) is 0 Å². The van der Waals surface area contributed by atoms with Crippen LogP contribution < -0.4 is 56.1 Å². The second-order valence-electron chi connectivity index (χ2n) is 3.41. The Morgan fingerprint density at radius 3 is 2.47 bits per heavy atom. The molecule has 1 nitrogen and oxygen atoms in total. The zero-order valence-electron chi connectivity index (χ0n) is 9.64. The summed E-state index contributed by atoms with van der Waals surface area (Å²) in [6.45, 7) is -1.52. The third-order valence-corrected chi connectivity index (χ3v) is 2.03. The summed E-state index contributed by atoms with van der Waals surface area (Å²) in [7, 11) is 0. The van der Waals surface area contributed by atoms with Gasteiger partial charge in [-0.25, -0.2) is 4.39 Å². The number of rotatable bonds is 4. The minimum absolute atomic E-state index is 0. The molecular weight excluding hydrogens is 262 g/mol. The third-order valence-electron chi connectivity index (χ3n) is 2.03. The number of halogens is 4. The fourth-order valence-corrected chi connectivity index (χ4v) is 0.997. The van der Waals surface area contributed by atoms with E-state index in [2.05, 4.69) is 6.58 Å². The summed E-state index contributed by atoms with van der Waals surface area (Å²) in [6, 6.07) is 4.29. The molecule has 0 aliphatic carbocycles. The molecule has 0 spiro atoms. The number of benzene rings is 1. The Balaban J connectivity index is 0.00000256. The maximum atomic E-state index is 13.3. The Morgan fingerprint density at radius 2 is 1.94 bits per heavy atom. The summed E-state index contributed by atoms with van der Waals surface area (Å²) >= 11 is 0. The van der Waals surface area contributed by atoms with Crippen LogP contribution in [0, 0.1) is 12.7 Å². The number of aryl methyl sites for hydroxylation is 1. The molecule has 0 atom stereocenters. The molecule has 0 radical (unpaired) electrons. The fourth-order valence-electron chi connectivity index (χ4n) is 0.997. The first-order chi connectivity index (χ1) is 7.32. The van der Waals surface area contributed by atoms with E-state index in [-0.39, 0.29) is 57.1 Å². The fraction of sp³-hybridized carbons (Fsp3) is 0.200. The van der Waals surface area contributed by atoms with E-state index in [1.165, 1.54) is 25.1 Å². The maximum Gasteiger partial charge on any atom is 1.00 e. The van der Waals surface area contributed by atoms with Gasteiger partial charge in [-0.1, -0.05) is 12.1 Å². The largest absolute Gasteiger partial charge is 1.00 e. The number of hydrogen-bond donors (Lipinski definition) is 0. The van der Waals surface area contributed by atoms with Crippen LogP contribution in [0.3, 0.4) is 0 Å². The van der Waals surface area contributed by atoms with Crippen LogP contribution in [0.1, 0.15) is 5.56 Å². The predicted octanol–water partition coefficient (Wildman–Crippen LogP) is 0.460. The Morgan fingerprint density at radius 1 is 1.35 bits per heavy atom. The Kier molecular flexibility index (Phi) is 7.01. The molecule has 0 aromatic heterocycles. The molecule has 17 heavy (non-hydrogen) atoms. The van der Waals surface area contributed by atoms with Crippen molar-refractivity contribution in [2.75, 3.05) is 6.61 Å². The molecule has 0 bridgehead atoms. The van der Waals surface area contributed by atoms with E-state index >= 15 is 0 Å². The van der Waals surface area contributed by atoms with Crippen molar-refractivity contribution < 1.29 is 73.5 Å². The molecule has 1 rings (SSSR count). The van der Waals surface area contributed by atoms with Gasteiger partial charge in [-0.2, -0.15) is 0 Å². The smallest absolute Gasteiger partial charge is 0.489 e. The maximum absolute atomic E-state index is 13.3. The van der Waals surface area contributed by atoms with Crippen molar-refractivity contribution in [3.8, 4) is 5.75 Å². The van der Waals surface area contributed by atoms with Gasteiger partial charge in [0.15, 0.2) is 11.6 Å². The van der Waals surface area contributed by atoms with E-state index in [4.69, 9.17) is 4.74 Å². The standard InChI is InChI=1S/C10H10BF4O.K/c1-7-4-3-5-9(10(7)12)16-6-8(2)11(13,14)15;/h3-5H,2,6H2,1H3;/q-1;+1. The van der Waals surface area contributed by atoms with Crippen molar-refractivity contribution in [3.05, 3.63) is 41.6 Å². The Hall–Kier alpha value is 0.181. The van der Waals surface area contributed by atoms with Gasteiger partial charge in [0.05, 0.1) is 6.61 Å². The van der Waals surface area contributed by atoms with Crippen molar-refractivity contribution in [1.82, 2.24) is 0 Å². The van der Waals surface area contributed by atoms with Crippen LogP contribution in [0.2, 0.25) is 0 Å². The number of ether oxygens (including phenoxy) is 1. The topological polar surface area (TPSA) is 9.23 Å². The van der Waals surface area contributed by atoms with Gasteiger partial charge in [-0.15, -0.1) is 12.1 Å². The van der Waals surface area contributed by atoms with Crippen LogP contribution in [0.5, 0.6) is 5.75 Å². The zero-order chi connectivity index (χ0) is 12.3. The molecule has 0 N–H and O–H groups in total. The van der Waals surface area contributed by atoms with E-state index < -0.39 is 24.9 Å². The van der Waals surface area contributed by atoms with Crippen LogP contribution in [0.25, 0.3) is 0 Å². The van der Waals surface area contributed by atoms with Gasteiger partial charge in [0.25, 0.3) is 0 Å². The minimum Gasteiger partial charge on any atom is -0.489 e. The van der Waals surface area contributed by atoms with E-state index in [0.29, 0.717) is 5.56 Å². The van der Waals surface area contributed by atoms with Crippen LogP contribution >= 0.6 is 0 Å². The molecule has 0 aliphatic heterocycles. The summed E-state index contributed by atoms with van der Waals surface area (Å²) in [4.78, 5) is 0. The van der Waals surface area contributed by atoms with E-state index in [9.17, 15) is 17.3 Å². The summed E-state index contributed by atoms with van der Waals surface area (Å²) in [5.41, 5.74) is -0.665. The van der Waals surface area contributed by atoms with Crippen molar-refractivity contribution in [2.45, 2.75) is 6.92 Å². The van der Waals surface area contributed by atoms with Crippen LogP contribution in [0.15, 0.2) is 30.3 Å². The Bertz CT molecular complexity index is 406. The van der Waals surface area contributed by atoms with Crippen molar-refractivity contribution in [2.24, 2.45) is 0 Å². The molecular formula is C10H10BF4KO. The van der Waals surface area contributed by atoms with E-state index in [1.54, 1.807) is 0 Å². The first-order valence-corrected chi connectivity index (χ1v) is 4.58. The first kappa shape index (κ1) is 17.2. The summed E-state index contributed by atoms with van der Waals surface area (Å²) in [5, 5.41) is 0. The van der Waals surface area contributed by atoms with Gasteiger partial charge in [-0.3, -0.25) is 0 Å². The summed E-state index contributed by atoms with van der Waals surface area (Å²) in [5.74, 6) is -0.842. The molecule has 0 heterocycles. The normalized spacial score (nSPS) is 10.6. The van der Waals surface area contributed by atoms with Gasteiger partial charge in [-0.05, 0) is 18.6 Å².